The van der Waals surface area contributed by atoms with E-state index in [1.807, 2.05) is 18.2 Å². The summed E-state index contributed by atoms with van der Waals surface area (Å²) >= 11 is 0. The minimum absolute atomic E-state index is 0.0572. The lowest BCUT2D eigenvalue weighted by Gasteiger charge is -2.20. The van der Waals surface area contributed by atoms with E-state index in [0.717, 1.165) is 70.6 Å². The van der Waals surface area contributed by atoms with Gasteiger partial charge >= 0.3 is 25.7 Å². The summed E-state index contributed by atoms with van der Waals surface area (Å²) in [5.41, 5.74) is 5.33. The van der Waals surface area contributed by atoms with E-state index in [0.29, 0.717) is 25.7 Å². The molecule has 0 radical (unpaired) electrons. The molecule has 0 heterocycles. The Morgan fingerprint density at radius 3 is 1.54 bits per heavy atom. The number of nitrogens with two attached hydrogens (primary N) is 1. The lowest BCUT2D eigenvalue weighted by Crippen LogP contribution is -2.34. The second-order valence-electron chi connectivity index (χ2n) is 14.7. The first-order valence-corrected chi connectivity index (χ1v) is 23.8. The zero-order valence-corrected chi connectivity index (χ0v) is 38.0. The van der Waals surface area contributed by atoms with Crippen LogP contribution >= 0.6 is 7.82 Å². The van der Waals surface area contributed by atoms with E-state index in [9.17, 15) is 28.9 Å². The van der Waals surface area contributed by atoms with Crippen molar-refractivity contribution in [1.82, 2.24) is 0 Å². The average molecular weight is 876 g/mol. The molecule has 0 aromatic heterocycles. The van der Waals surface area contributed by atoms with Crippen molar-refractivity contribution in [2.24, 2.45) is 5.73 Å². The molecule has 5 N–H and O–H groups in total. The highest BCUT2D eigenvalue weighted by Gasteiger charge is 2.28. The lowest BCUT2D eigenvalue weighted by atomic mass is 10.1. The number of unbranched alkanes of at least 4 members (excludes halogenated alkanes) is 7. The van der Waals surface area contributed by atoms with E-state index < -0.39 is 57.7 Å². The molecule has 0 rings (SSSR count). The maximum atomic E-state index is 12.6. The third-order valence-electron chi connectivity index (χ3n) is 8.86. The van der Waals surface area contributed by atoms with Crippen molar-refractivity contribution in [3.8, 4) is 0 Å². The van der Waals surface area contributed by atoms with Gasteiger partial charge in [0.25, 0.3) is 0 Å². The van der Waals surface area contributed by atoms with Gasteiger partial charge in [-0.15, -0.1) is 0 Å². The highest BCUT2D eigenvalue weighted by Crippen LogP contribution is 2.43. The van der Waals surface area contributed by atoms with E-state index in [1.54, 1.807) is 0 Å². The van der Waals surface area contributed by atoms with Crippen LogP contribution < -0.4 is 5.73 Å². The quantitative estimate of drug-likeness (QED) is 0.0197. The second-order valence-corrected chi connectivity index (χ2v) is 16.1. The number of aliphatic hydroxyl groups excluding tert-OH is 1. The molecule has 0 saturated heterocycles. The van der Waals surface area contributed by atoms with Crippen LogP contribution in [0.4, 0.5) is 0 Å². The topological polar surface area (TPSA) is 192 Å². The number of allylic oxidation sites excluding steroid dienone is 15. The van der Waals surface area contributed by atoms with Crippen molar-refractivity contribution in [2.75, 3.05) is 19.8 Å². The van der Waals surface area contributed by atoms with Crippen molar-refractivity contribution >= 4 is 25.7 Å². The Morgan fingerprint density at radius 1 is 0.574 bits per heavy atom. The summed E-state index contributed by atoms with van der Waals surface area (Å²) in [6, 6.07) is -1.55. The van der Waals surface area contributed by atoms with Crippen molar-refractivity contribution in [1.29, 1.82) is 0 Å². The molecule has 0 bridgehead atoms. The molecule has 0 aliphatic carbocycles. The average Bonchev–Trinajstić information content (AvgIpc) is 3.23. The van der Waals surface area contributed by atoms with Gasteiger partial charge in [0.2, 0.25) is 0 Å². The number of phosphoric ester groups is 1. The third kappa shape index (κ3) is 41.5. The number of esters is 2. The highest BCUT2D eigenvalue weighted by atomic mass is 31.2. The fourth-order valence-corrected chi connectivity index (χ4v) is 6.13. The van der Waals surface area contributed by atoms with Gasteiger partial charge in [-0.2, -0.15) is 0 Å². The SMILES string of the molecule is CCCCC/C=C\C/C=C\C/C=C\C/C=C\CCCCCC(=O)OC[C@H](COP(=O)(O)OC[C@H](N)C(=O)O)OC(=O)CCC/C=C\C/C=C\C/C=C\C/C=C\CC(O)CCC. The molecule has 0 aliphatic rings. The van der Waals surface area contributed by atoms with Crippen LogP contribution in [-0.4, -0.2) is 71.1 Å². The van der Waals surface area contributed by atoms with Crippen LogP contribution in [0.15, 0.2) is 97.2 Å². The first-order valence-electron chi connectivity index (χ1n) is 22.3. The van der Waals surface area contributed by atoms with Crippen LogP contribution in [0.5, 0.6) is 0 Å². The molecule has 0 aromatic rings. The molecule has 2 unspecified atom stereocenters. The van der Waals surface area contributed by atoms with Crippen molar-refractivity contribution < 1.29 is 52.6 Å². The van der Waals surface area contributed by atoms with Gasteiger partial charge in [0.1, 0.15) is 12.6 Å². The van der Waals surface area contributed by atoms with Gasteiger partial charge in [0.15, 0.2) is 6.10 Å². The maximum absolute atomic E-state index is 12.6. The Morgan fingerprint density at radius 2 is 1.03 bits per heavy atom. The number of rotatable bonds is 40. The van der Waals surface area contributed by atoms with Crippen molar-refractivity contribution in [2.45, 2.75) is 167 Å². The molecule has 0 amide bonds. The number of aliphatic hydroxyl groups is 1. The van der Waals surface area contributed by atoms with Crippen LogP contribution in [0.25, 0.3) is 0 Å². The number of hydrogen-bond acceptors (Lipinski definition) is 10. The van der Waals surface area contributed by atoms with Gasteiger partial charge in [0, 0.05) is 12.8 Å². The summed E-state index contributed by atoms with van der Waals surface area (Å²) in [6.07, 6.45) is 49.7. The summed E-state index contributed by atoms with van der Waals surface area (Å²) in [6.45, 7) is 2.46. The fourth-order valence-electron chi connectivity index (χ4n) is 5.35. The molecular weight excluding hydrogens is 797 g/mol. The van der Waals surface area contributed by atoms with E-state index >= 15 is 0 Å². The monoisotopic (exact) mass is 876 g/mol. The molecular formula is C48H78NO11P. The molecule has 346 valence electrons. The van der Waals surface area contributed by atoms with Gasteiger partial charge in [-0.25, -0.2) is 4.57 Å². The third-order valence-corrected chi connectivity index (χ3v) is 9.81. The minimum atomic E-state index is -4.76. The smallest absolute Gasteiger partial charge is 0.472 e. The molecule has 4 atom stereocenters. The van der Waals surface area contributed by atoms with Gasteiger partial charge < -0.3 is 30.3 Å². The summed E-state index contributed by atoms with van der Waals surface area (Å²) in [4.78, 5) is 46.0. The standard InChI is InChI=1S/C48H78NO11P/c1-3-5-6-7-8-9-10-11-12-13-14-15-16-19-22-25-28-31-34-38-46(51)57-40-44(41-58-61(55,56)59-42-45(49)48(53)54)60-47(52)39-35-32-29-26-23-20-17-18-21-24-27-30-33-37-43(50)36-4-2/h8-9,11-12,14-15,17,19-22,24,26,29-30,33,43-45,50H,3-7,10,13,16,18,23,25,27-28,31-32,34-42,49H2,1-2H3,(H,53,54)(H,55,56)/b9-8-,12-11-,15-14-,20-17-,22-19-,24-21-,29-26-,33-30-/t43?,44-,45+/m1/s1. The Bertz CT molecular complexity index is 1420. The summed E-state index contributed by atoms with van der Waals surface area (Å²) in [5.74, 6) is -2.53. The molecule has 0 spiro atoms. The molecule has 0 fully saturated rings. The maximum Gasteiger partial charge on any atom is 0.472 e. The largest absolute Gasteiger partial charge is 0.480 e. The fraction of sp³-hybridized carbons (Fsp3) is 0.604. The molecule has 13 heteroatoms. The number of carbonyl (C=O) groups is 3. The molecule has 61 heavy (non-hydrogen) atoms. The zero-order chi connectivity index (χ0) is 45.1. The van der Waals surface area contributed by atoms with Crippen LogP contribution in [0.3, 0.4) is 0 Å². The summed E-state index contributed by atoms with van der Waals surface area (Å²) < 4.78 is 32.6. The van der Waals surface area contributed by atoms with Gasteiger partial charge in [-0.3, -0.25) is 23.4 Å². The second kappa shape index (κ2) is 41.7. The number of carboxylic acids is 1. The zero-order valence-electron chi connectivity index (χ0n) is 37.1. The lowest BCUT2D eigenvalue weighted by molar-refractivity contribution is -0.161. The molecule has 0 aromatic carbocycles. The number of aliphatic carboxylic acids is 1. The minimum Gasteiger partial charge on any atom is -0.480 e. The van der Waals surface area contributed by atoms with Crippen molar-refractivity contribution in [3.63, 3.8) is 0 Å². The van der Waals surface area contributed by atoms with Crippen LogP contribution in [0.2, 0.25) is 0 Å². The number of phosphoric acid groups is 1. The van der Waals surface area contributed by atoms with Crippen molar-refractivity contribution in [3.05, 3.63) is 97.2 Å². The van der Waals surface area contributed by atoms with E-state index in [1.165, 1.54) is 25.7 Å². The van der Waals surface area contributed by atoms with Gasteiger partial charge in [0.05, 0.1) is 19.3 Å². The van der Waals surface area contributed by atoms with E-state index in [-0.39, 0.29) is 18.9 Å². The highest BCUT2D eigenvalue weighted by molar-refractivity contribution is 7.47. The van der Waals surface area contributed by atoms with Crippen LogP contribution in [0, 0.1) is 0 Å². The van der Waals surface area contributed by atoms with E-state index in [2.05, 4.69) is 97.4 Å². The first kappa shape index (κ1) is 57.4. The normalized spacial score (nSPS) is 15.1. The van der Waals surface area contributed by atoms with Gasteiger partial charge in [-0.05, 0) is 96.3 Å². The number of hydrogen-bond donors (Lipinski definition) is 4. The van der Waals surface area contributed by atoms with Crippen LogP contribution in [0.1, 0.15) is 149 Å². The predicted octanol–water partition coefficient (Wildman–Crippen LogP) is 11.0. The van der Waals surface area contributed by atoms with E-state index in [4.69, 9.17) is 24.8 Å². The van der Waals surface area contributed by atoms with Gasteiger partial charge in [-0.1, -0.05) is 137 Å². The number of carboxylic acid groups (broad SMARTS) is 1. The molecule has 12 nitrogen and oxygen atoms in total. The van der Waals surface area contributed by atoms with Crippen LogP contribution in [-0.2, 0) is 37.5 Å². The number of ether oxygens (including phenoxy) is 2. The molecule has 0 aliphatic heterocycles. The Labute approximate surface area is 367 Å². The number of carbonyl (C=O) groups excluding carboxylic acids is 2. The Kier molecular flexibility index (Phi) is 39.2. The predicted molar refractivity (Wildman–Crippen MR) is 246 cm³/mol. The molecule has 0 saturated carbocycles. The summed E-state index contributed by atoms with van der Waals surface area (Å²) in [5, 5.41) is 18.6. The Balaban J connectivity index is 4.54. The first-order chi connectivity index (χ1) is 29.5. The summed E-state index contributed by atoms with van der Waals surface area (Å²) in [7, 11) is -4.76. The Hall–Kier alpha value is -3.64.